The second-order valence-corrected chi connectivity index (χ2v) is 8.71. The minimum absolute atomic E-state index is 0.0726. The van der Waals surface area contributed by atoms with Crippen molar-refractivity contribution in [3.05, 3.63) is 71.2 Å². The molecule has 6 heteroatoms. The zero-order valence-corrected chi connectivity index (χ0v) is 16.8. The van der Waals surface area contributed by atoms with Crippen molar-refractivity contribution in [2.45, 2.75) is 39.7 Å². The molecule has 0 saturated heterocycles. The molecule has 6 nitrogen and oxygen atoms in total. The number of anilines is 1. The molecular weight excluding hydrogens is 362 g/mol. The number of pyridine rings is 1. The van der Waals surface area contributed by atoms with Gasteiger partial charge >= 0.3 is 0 Å². The van der Waals surface area contributed by atoms with E-state index in [0.29, 0.717) is 18.2 Å². The fraction of sp³-hybridized carbons (Fsp3) is 0.304. The molecule has 146 valence electrons. The Balaban J connectivity index is 1.69. The molecule has 0 bridgehead atoms. The Hall–Kier alpha value is -3.28. The Morgan fingerprint density at radius 1 is 1.07 bits per heavy atom. The summed E-state index contributed by atoms with van der Waals surface area (Å²) < 4.78 is 1.86. The van der Waals surface area contributed by atoms with E-state index in [2.05, 4.69) is 55.3 Å². The summed E-state index contributed by atoms with van der Waals surface area (Å²) in [4.78, 5) is 22.0. The summed E-state index contributed by atoms with van der Waals surface area (Å²) in [6.45, 7) is 6.34. The number of aryl methyl sites for hydroxylation is 1. The lowest BCUT2D eigenvalue weighted by atomic mass is 9.73. The van der Waals surface area contributed by atoms with E-state index in [1.54, 1.807) is 12.4 Å². The highest BCUT2D eigenvalue weighted by Gasteiger charge is 2.41. The maximum Gasteiger partial charge on any atom is 0.226 e. The summed E-state index contributed by atoms with van der Waals surface area (Å²) in [5.41, 5.74) is 4.84. The van der Waals surface area contributed by atoms with Crippen molar-refractivity contribution in [2.24, 2.45) is 5.41 Å². The van der Waals surface area contributed by atoms with Crippen LogP contribution in [0.15, 0.2) is 60.1 Å². The molecular formula is C23H23N5O. The molecule has 1 aromatic carbocycles. The Morgan fingerprint density at radius 2 is 1.79 bits per heavy atom. The largest absolute Gasteiger partial charge is 0.328 e. The van der Waals surface area contributed by atoms with E-state index in [0.717, 1.165) is 28.8 Å². The number of fused-ring (bicyclic) bond motifs is 1. The smallest absolute Gasteiger partial charge is 0.226 e. The zero-order chi connectivity index (χ0) is 20.2. The molecule has 3 aromatic rings. The van der Waals surface area contributed by atoms with Crippen LogP contribution >= 0.6 is 0 Å². The van der Waals surface area contributed by atoms with Crippen LogP contribution in [0.1, 0.15) is 43.9 Å². The predicted molar refractivity (Wildman–Crippen MR) is 111 cm³/mol. The fourth-order valence-electron chi connectivity index (χ4n) is 4.29. The van der Waals surface area contributed by atoms with Gasteiger partial charge in [-0.25, -0.2) is 4.68 Å². The predicted octanol–water partition coefficient (Wildman–Crippen LogP) is 4.31. The number of carbonyl (C=O) groups excluding carboxylic acids is 1. The molecule has 1 N–H and O–H groups in total. The number of benzene rings is 1. The molecule has 1 aliphatic carbocycles. The van der Waals surface area contributed by atoms with E-state index in [1.165, 1.54) is 5.56 Å². The average Bonchev–Trinajstić information content (AvgIpc) is 3.10. The third-order valence-electron chi connectivity index (χ3n) is 5.66. The van der Waals surface area contributed by atoms with Crippen molar-refractivity contribution in [3.63, 3.8) is 0 Å². The van der Waals surface area contributed by atoms with Crippen LogP contribution in [0.2, 0.25) is 0 Å². The second-order valence-electron chi connectivity index (χ2n) is 8.71. The van der Waals surface area contributed by atoms with Gasteiger partial charge in [-0.15, -0.1) is 5.10 Å². The highest BCUT2D eigenvalue weighted by molar-refractivity contribution is 6.00. The number of aromatic nitrogens is 4. The van der Waals surface area contributed by atoms with Gasteiger partial charge in [0.15, 0.2) is 11.6 Å². The molecule has 3 heterocycles. The number of rotatable bonds is 2. The first-order valence-electron chi connectivity index (χ1n) is 9.88. The fourth-order valence-corrected chi connectivity index (χ4v) is 4.29. The van der Waals surface area contributed by atoms with Gasteiger partial charge in [0.05, 0.1) is 0 Å². The maximum absolute atomic E-state index is 13.2. The van der Waals surface area contributed by atoms with Gasteiger partial charge in [0.1, 0.15) is 6.04 Å². The molecule has 0 fully saturated rings. The topological polar surface area (TPSA) is 72.7 Å². The molecule has 29 heavy (non-hydrogen) atoms. The summed E-state index contributed by atoms with van der Waals surface area (Å²) in [7, 11) is 0. The van der Waals surface area contributed by atoms with Crippen molar-refractivity contribution in [1.82, 2.24) is 19.7 Å². The first-order valence-corrected chi connectivity index (χ1v) is 9.88. The average molecular weight is 385 g/mol. The van der Waals surface area contributed by atoms with Gasteiger partial charge in [-0.1, -0.05) is 43.7 Å². The third kappa shape index (κ3) is 3.05. The van der Waals surface area contributed by atoms with Crippen LogP contribution in [0.25, 0.3) is 11.4 Å². The summed E-state index contributed by atoms with van der Waals surface area (Å²) in [6, 6.07) is 11.8. The van der Waals surface area contributed by atoms with Crippen molar-refractivity contribution in [2.75, 3.05) is 5.32 Å². The standard InChI is InChI=1S/C23H23N5O/c1-14-4-6-15(7-5-14)20-19-17(12-23(2,3)13-18(19)29)25-22-26-21(27-28(20)22)16-8-10-24-11-9-16/h4-11,20H,12-13H2,1-3H3,(H,25,26,27)/t20-/m1/s1. The van der Waals surface area contributed by atoms with Crippen molar-refractivity contribution in [3.8, 4) is 11.4 Å². The molecule has 2 aromatic heterocycles. The van der Waals surface area contributed by atoms with Crippen molar-refractivity contribution < 1.29 is 4.79 Å². The number of Topliss-reactive ketones (excluding diaryl/α,β-unsaturated/α-hetero) is 1. The quantitative estimate of drug-likeness (QED) is 0.712. The summed E-state index contributed by atoms with van der Waals surface area (Å²) in [5.74, 6) is 1.48. The first kappa shape index (κ1) is 17.8. The number of allylic oxidation sites excluding steroid dienone is 2. The number of carbonyl (C=O) groups is 1. The van der Waals surface area contributed by atoms with Crippen LogP contribution in [0.4, 0.5) is 5.95 Å². The van der Waals surface area contributed by atoms with E-state index >= 15 is 0 Å². The highest BCUT2D eigenvalue weighted by atomic mass is 16.1. The normalized spacial score (nSPS) is 20.1. The van der Waals surface area contributed by atoms with Gasteiger partial charge in [0, 0.05) is 35.6 Å². The Morgan fingerprint density at radius 3 is 2.52 bits per heavy atom. The van der Waals surface area contributed by atoms with Crippen molar-refractivity contribution >= 4 is 11.7 Å². The minimum atomic E-state index is -0.270. The van der Waals surface area contributed by atoms with E-state index < -0.39 is 0 Å². The molecule has 0 radical (unpaired) electrons. The molecule has 1 aliphatic heterocycles. The van der Waals surface area contributed by atoms with Gasteiger partial charge in [0.2, 0.25) is 5.95 Å². The van der Waals surface area contributed by atoms with E-state index in [-0.39, 0.29) is 17.2 Å². The highest BCUT2D eigenvalue weighted by Crippen LogP contribution is 2.45. The number of hydrogen-bond donors (Lipinski definition) is 1. The lowest BCUT2D eigenvalue weighted by Gasteiger charge is -2.38. The summed E-state index contributed by atoms with van der Waals surface area (Å²) in [5, 5.41) is 8.21. The second kappa shape index (κ2) is 6.37. The Kier molecular flexibility index (Phi) is 3.91. The van der Waals surface area contributed by atoms with Gasteiger partial charge < -0.3 is 5.32 Å². The SMILES string of the molecule is Cc1ccc([C@@H]2C3=C(CC(C)(C)CC3=O)Nc3nc(-c4ccncc4)nn32)cc1. The van der Waals surface area contributed by atoms with Crippen LogP contribution in [-0.2, 0) is 4.79 Å². The lowest BCUT2D eigenvalue weighted by Crippen LogP contribution is -2.36. The molecule has 5 rings (SSSR count). The Bertz CT molecular complexity index is 1130. The number of hydrogen-bond acceptors (Lipinski definition) is 5. The molecule has 0 unspecified atom stereocenters. The van der Waals surface area contributed by atoms with Crippen LogP contribution in [0.5, 0.6) is 0 Å². The summed E-state index contributed by atoms with van der Waals surface area (Å²) in [6.07, 6.45) is 4.82. The van der Waals surface area contributed by atoms with E-state index in [9.17, 15) is 4.79 Å². The number of nitrogens with one attached hydrogen (secondary N) is 1. The molecule has 0 amide bonds. The van der Waals surface area contributed by atoms with Crippen LogP contribution in [0.3, 0.4) is 0 Å². The van der Waals surface area contributed by atoms with Crippen LogP contribution in [-0.4, -0.2) is 25.5 Å². The summed E-state index contributed by atoms with van der Waals surface area (Å²) >= 11 is 0. The van der Waals surface area contributed by atoms with Gasteiger partial charge in [-0.2, -0.15) is 4.98 Å². The molecule has 2 aliphatic rings. The maximum atomic E-state index is 13.2. The molecule has 0 saturated carbocycles. The van der Waals surface area contributed by atoms with Gasteiger partial charge in [-0.05, 0) is 36.5 Å². The molecule has 0 spiro atoms. The monoisotopic (exact) mass is 385 g/mol. The first-order chi connectivity index (χ1) is 13.9. The number of ketones is 1. The minimum Gasteiger partial charge on any atom is -0.328 e. The van der Waals surface area contributed by atoms with Crippen LogP contribution in [0, 0.1) is 12.3 Å². The lowest BCUT2D eigenvalue weighted by molar-refractivity contribution is -0.118. The van der Waals surface area contributed by atoms with Crippen LogP contribution < -0.4 is 5.32 Å². The molecule has 1 atom stereocenters. The third-order valence-corrected chi connectivity index (χ3v) is 5.66. The van der Waals surface area contributed by atoms with Crippen molar-refractivity contribution in [1.29, 1.82) is 0 Å². The Labute approximate surface area is 169 Å². The van der Waals surface area contributed by atoms with E-state index in [1.807, 2.05) is 16.8 Å². The van der Waals surface area contributed by atoms with Gasteiger partial charge in [-0.3, -0.25) is 9.78 Å². The zero-order valence-electron chi connectivity index (χ0n) is 16.8. The van der Waals surface area contributed by atoms with Gasteiger partial charge in [0.25, 0.3) is 0 Å². The van der Waals surface area contributed by atoms with E-state index in [4.69, 9.17) is 10.1 Å². The number of nitrogens with zero attached hydrogens (tertiary/aromatic N) is 4.